The first kappa shape index (κ1) is 20.9. The maximum atomic E-state index is 12.1. The predicted molar refractivity (Wildman–Crippen MR) is 122 cm³/mol. The van der Waals surface area contributed by atoms with Gasteiger partial charge in [-0.15, -0.1) is 24.0 Å². The van der Waals surface area contributed by atoms with E-state index < -0.39 is 10.8 Å². The molecule has 3 N–H and O–H groups in total. The standard InChI is InChI=1S/C20H25N3OS.HI/c21-20(22-13-14-25(24)15-16-7-2-1-3-8-16)23-19-12-6-10-17-9-4-5-11-18(17)19;/h1-3,6-8,10,12H,4-5,9,11,13-15H2,(H3,21,22,23);1H. The Morgan fingerprint density at radius 3 is 2.65 bits per heavy atom. The summed E-state index contributed by atoms with van der Waals surface area (Å²) < 4.78 is 12.1. The van der Waals surface area contributed by atoms with Crippen molar-refractivity contribution in [3.05, 3.63) is 65.2 Å². The number of guanidine groups is 1. The zero-order chi connectivity index (χ0) is 17.5. The van der Waals surface area contributed by atoms with E-state index in [4.69, 9.17) is 5.73 Å². The SMILES string of the molecule is I.NC(=NCCS(=O)Cc1ccccc1)Nc1cccc2c1CCCC2. The van der Waals surface area contributed by atoms with E-state index in [0.29, 0.717) is 24.0 Å². The van der Waals surface area contributed by atoms with Crippen molar-refractivity contribution in [2.45, 2.75) is 31.4 Å². The second kappa shape index (κ2) is 10.7. The predicted octanol–water partition coefficient (Wildman–Crippen LogP) is 3.86. The van der Waals surface area contributed by atoms with Crippen molar-refractivity contribution in [2.75, 3.05) is 17.6 Å². The summed E-state index contributed by atoms with van der Waals surface area (Å²) in [5.41, 5.74) is 10.9. The van der Waals surface area contributed by atoms with E-state index >= 15 is 0 Å². The fourth-order valence-electron chi connectivity index (χ4n) is 3.18. The third-order valence-electron chi connectivity index (χ3n) is 4.43. The topological polar surface area (TPSA) is 67.5 Å². The molecule has 1 aliphatic carbocycles. The number of anilines is 1. The van der Waals surface area contributed by atoms with Crippen molar-refractivity contribution < 1.29 is 4.21 Å². The second-order valence-corrected chi connectivity index (χ2v) is 7.89. The summed E-state index contributed by atoms with van der Waals surface area (Å²) >= 11 is 0. The lowest BCUT2D eigenvalue weighted by atomic mass is 9.90. The van der Waals surface area contributed by atoms with Gasteiger partial charge in [-0.1, -0.05) is 42.5 Å². The molecule has 2 aromatic carbocycles. The van der Waals surface area contributed by atoms with Gasteiger partial charge in [-0.3, -0.25) is 9.20 Å². The lowest BCUT2D eigenvalue weighted by molar-refractivity contribution is 0.682. The molecule has 6 heteroatoms. The summed E-state index contributed by atoms with van der Waals surface area (Å²) in [6.45, 7) is 0.466. The van der Waals surface area contributed by atoms with E-state index in [1.165, 1.54) is 24.0 Å². The third-order valence-corrected chi connectivity index (χ3v) is 5.72. The summed E-state index contributed by atoms with van der Waals surface area (Å²) in [5.74, 6) is 1.48. The molecule has 0 saturated carbocycles. The van der Waals surface area contributed by atoms with Crippen LogP contribution in [0.15, 0.2) is 53.5 Å². The number of hydrogen-bond acceptors (Lipinski definition) is 2. The molecule has 1 aliphatic rings. The highest BCUT2D eigenvalue weighted by molar-refractivity contribution is 14.0. The number of benzene rings is 2. The number of hydrogen-bond donors (Lipinski definition) is 2. The molecule has 0 aliphatic heterocycles. The molecule has 26 heavy (non-hydrogen) atoms. The minimum atomic E-state index is -0.926. The molecule has 0 saturated heterocycles. The van der Waals surface area contributed by atoms with E-state index in [1.54, 1.807) is 0 Å². The minimum absolute atomic E-state index is 0. The lowest BCUT2D eigenvalue weighted by Crippen LogP contribution is -2.25. The Morgan fingerprint density at radius 1 is 1.08 bits per heavy atom. The largest absolute Gasteiger partial charge is 0.370 e. The highest BCUT2D eigenvalue weighted by Gasteiger charge is 2.13. The maximum absolute atomic E-state index is 12.1. The van der Waals surface area contributed by atoms with Crippen LogP contribution in [0.3, 0.4) is 0 Å². The number of rotatable bonds is 6. The Kier molecular flexibility index (Phi) is 8.58. The maximum Gasteiger partial charge on any atom is 0.193 e. The molecule has 1 unspecified atom stereocenters. The molecular formula is C20H26IN3OS. The van der Waals surface area contributed by atoms with E-state index in [2.05, 4.69) is 28.5 Å². The number of aryl methyl sites for hydroxylation is 1. The van der Waals surface area contributed by atoms with Crippen molar-refractivity contribution in [3.63, 3.8) is 0 Å². The summed E-state index contributed by atoms with van der Waals surface area (Å²) in [6.07, 6.45) is 4.71. The van der Waals surface area contributed by atoms with E-state index in [-0.39, 0.29) is 24.0 Å². The van der Waals surface area contributed by atoms with Crippen LogP contribution in [0.25, 0.3) is 0 Å². The first-order chi connectivity index (χ1) is 12.2. The van der Waals surface area contributed by atoms with Crippen LogP contribution in [0.2, 0.25) is 0 Å². The molecular weight excluding hydrogens is 457 g/mol. The average molecular weight is 483 g/mol. The van der Waals surface area contributed by atoms with Crippen molar-refractivity contribution >= 4 is 46.4 Å². The van der Waals surface area contributed by atoms with Gasteiger partial charge in [0.05, 0.1) is 6.54 Å². The van der Waals surface area contributed by atoms with Gasteiger partial charge in [-0.2, -0.15) is 0 Å². The zero-order valence-electron chi connectivity index (χ0n) is 14.8. The molecule has 0 heterocycles. The Hall–Kier alpha value is -1.41. The van der Waals surface area contributed by atoms with Crippen molar-refractivity contribution in [3.8, 4) is 0 Å². The molecule has 3 rings (SSSR count). The first-order valence-corrected chi connectivity index (χ1v) is 10.3. The lowest BCUT2D eigenvalue weighted by Gasteiger charge is -2.19. The minimum Gasteiger partial charge on any atom is -0.370 e. The van der Waals surface area contributed by atoms with Gasteiger partial charge < -0.3 is 11.1 Å². The summed E-state index contributed by atoms with van der Waals surface area (Å²) in [6, 6.07) is 16.2. The van der Waals surface area contributed by atoms with Crippen LogP contribution in [-0.4, -0.2) is 22.5 Å². The van der Waals surface area contributed by atoms with Crippen LogP contribution in [0, 0.1) is 0 Å². The Labute approximate surface area is 175 Å². The number of nitrogens with zero attached hydrogens (tertiary/aromatic N) is 1. The molecule has 0 bridgehead atoms. The number of halogens is 1. The van der Waals surface area contributed by atoms with Crippen LogP contribution < -0.4 is 11.1 Å². The second-order valence-electron chi connectivity index (χ2n) is 6.32. The highest BCUT2D eigenvalue weighted by atomic mass is 127. The Morgan fingerprint density at radius 2 is 1.85 bits per heavy atom. The van der Waals surface area contributed by atoms with Gasteiger partial charge >= 0.3 is 0 Å². The molecule has 2 aromatic rings. The highest BCUT2D eigenvalue weighted by Crippen LogP contribution is 2.27. The summed E-state index contributed by atoms with van der Waals surface area (Å²) in [5, 5.41) is 3.22. The monoisotopic (exact) mass is 483 g/mol. The van der Waals surface area contributed by atoms with Gasteiger partial charge in [-0.05, 0) is 48.4 Å². The number of aliphatic imine (C=N–C) groups is 1. The van der Waals surface area contributed by atoms with Crippen LogP contribution in [0.5, 0.6) is 0 Å². The van der Waals surface area contributed by atoms with Crippen LogP contribution in [0.1, 0.15) is 29.5 Å². The zero-order valence-corrected chi connectivity index (χ0v) is 18.0. The van der Waals surface area contributed by atoms with E-state index in [1.807, 2.05) is 30.3 Å². The molecule has 0 aromatic heterocycles. The van der Waals surface area contributed by atoms with Gasteiger partial charge in [0.15, 0.2) is 5.96 Å². The Bertz CT molecular complexity index is 765. The van der Waals surface area contributed by atoms with Crippen LogP contribution in [-0.2, 0) is 29.4 Å². The fourth-order valence-corrected chi connectivity index (χ4v) is 4.18. The normalized spacial score (nSPS) is 14.8. The quantitative estimate of drug-likeness (QED) is 0.373. The molecule has 0 radical (unpaired) electrons. The van der Waals surface area contributed by atoms with Gasteiger partial charge in [0.2, 0.25) is 0 Å². The molecule has 0 amide bonds. The fraction of sp³-hybridized carbons (Fsp3) is 0.350. The molecule has 4 nitrogen and oxygen atoms in total. The number of fused-ring (bicyclic) bond motifs is 1. The summed E-state index contributed by atoms with van der Waals surface area (Å²) in [4.78, 5) is 4.34. The van der Waals surface area contributed by atoms with Crippen molar-refractivity contribution in [2.24, 2.45) is 10.7 Å². The van der Waals surface area contributed by atoms with Gasteiger partial charge in [0, 0.05) is 28.0 Å². The average Bonchev–Trinajstić information content (AvgIpc) is 2.63. The smallest absolute Gasteiger partial charge is 0.193 e. The van der Waals surface area contributed by atoms with Gasteiger partial charge in [0.25, 0.3) is 0 Å². The van der Waals surface area contributed by atoms with Crippen molar-refractivity contribution in [1.82, 2.24) is 0 Å². The Balaban J connectivity index is 0.00000243. The van der Waals surface area contributed by atoms with Crippen LogP contribution >= 0.6 is 24.0 Å². The molecule has 1 atom stereocenters. The van der Waals surface area contributed by atoms with Crippen LogP contribution in [0.4, 0.5) is 5.69 Å². The van der Waals surface area contributed by atoms with Crippen molar-refractivity contribution in [1.29, 1.82) is 0 Å². The van der Waals surface area contributed by atoms with Gasteiger partial charge in [0.1, 0.15) is 0 Å². The van der Waals surface area contributed by atoms with E-state index in [0.717, 1.165) is 24.1 Å². The number of nitrogens with one attached hydrogen (secondary N) is 1. The molecule has 140 valence electrons. The van der Waals surface area contributed by atoms with E-state index in [9.17, 15) is 4.21 Å². The van der Waals surface area contributed by atoms with Gasteiger partial charge in [-0.25, -0.2) is 0 Å². The number of nitrogens with two attached hydrogens (primary N) is 1. The summed E-state index contributed by atoms with van der Waals surface area (Å²) in [7, 11) is -0.926. The molecule has 0 spiro atoms. The molecule has 0 fully saturated rings. The third kappa shape index (κ3) is 6.09. The first-order valence-electron chi connectivity index (χ1n) is 8.79.